The lowest BCUT2D eigenvalue weighted by molar-refractivity contribution is -0.130. The fourth-order valence-corrected chi connectivity index (χ4v) is 2.09. The van der Waals surface area contributed by atoms with Crippen LogP contribution in [0.5, 0.6) is 0 Å². The van der Waals surface area contributed by atoms with Gasteiger partial charge >= 0.3 is 0 Å². The lowest BCUT2D eigenvalue weighted by Gasteiger charge is -2.26. The first-order valence-corrected chi connectivity index (χ1v) is 6.90. The maximum atomic E-state index is 13.7. The minimum atomic E-state index is -0.499. The molecular formula is C15H21ClF2N2O. The molecule has 2 rings (SSSR count). The highest BCUT2D eigenvalue weighted by Crippen LogP contribution is 2.27. The number of benzene rings is 1. The summed E-state index contributed by atoms with van der Waals surface area (Å²) >= 11 is 0. The molecule has 1 amide bonds. The normalized spacial score (nSPS) is 15.2. The summed E-state index contributed by atoms with van der Waals surface area (Å²) in [4.78, 5) is 13.4. The van der Waals surface area contributed by atoms with E-state index in [0.717, 1.165) is 24.7 Å². The Morgan fingerprint density at radius 1 is 1.43 bits per heavy atom. The van der Waals surface area contributed by atoms with Gasteiger partial charge in [0, 0.05) is 12.6 Å². The van der Waals surface area contributed by atoms with Crippen molar-refractivity contribution in [3.63, 3.8) is 0 Å². The van der Waals surface area contributed by atoms with E-state index in [4.69, 9.17) is 0 Å². The summed E-state index contributed by atoms with van der Waals surface area (Å²) in [5, 5.41) is 3.10. The predicted octanol–water partition coefficient (Wildman–Crippen LogP) is 2.91. The van der Waals surface area contributed by atoms with Crippen molar-refractivity contribution in [2.45, 2.75) is 25.8 Å². The van der Waals surface area contributed by atoms with Crippen LogP contribution in [0.4, 0.5) is 8.78 Å². The van der Waals surface area contributed by atoms with Crippen LogP contribution >= 0.6 is 12.4 Å². The van der Waals surface area contributed by atoms with Crippen molar-refractivity contribution in [3.05, 3.63) is 35.4 Å². The Kier molecular flexibility index (Phi) is 6.55. The molecule has 1 aromatic rings. The van der Waals surface area contributed by atoms with Gasteiger partial charge in [0.2, 0.25) is 5.91 Å². The van der Waals surface area contributed by atoms with Crippen LogP contribution in [0.3, 0.4) is 0 Å². The number of amides is 1. The molecule has 0 bridgehead atoms. The van der Waals surface area contributed by atoms with Gasteiger partial charge in [-0.05, 0) is 50.4 Å². The van der Waals surface area contributed by atoms with Gasteiger partial charge in [-0.1, -0.05) is 0 Å². The minimum Gasteiger partial charge on any atom is -0.338 e. The second-order valence-electron chi connectivity index (χ2n) is 5.42. The Labute approximate surface area is 130 Å². The molecule has 0 radical (unpaired) electrons. The third-order valence-electron chi connectivity index (χ3n) is 3.79. The van der Waals surface area contributed by atoms with Crippen LogP contribution in [0, 0.1) is 17.6 Å². The first-order chi connectivity index (χ1) is 9.49. The van der Waals surface area contributed by atoms with Crippen molar-refractivity contribution in [1.82, 2.24) is 10.2 Å². The van der Waals surface area contributed by atoms with Gasteiger partial charge < -0.3 is 10.2 Å². The van der Waals surface area contributed by atoms with Crippen LogP contribution in [0.25, 0.3) is 0 Å². The van der Waals surface area contributed by atoms with Crippen LogP contribution in [0.2, 0.25) is 0 Å². The molecule has 118 valence electrons. The molecule has 1 saturated carbocycles. The molecule has 1 fully saturated rings. The van der Waals surface area contributed by atoms with Crippen molar-refractivity contribution in [2.24, 2.45) is 5.92 Å². The molecule has 0 saturated heterocycles. The van der Waals surface area contributed by atoms with E-state index in [0.29, 0.717) is 5.92 Å². The number of likely N-dealkylation sites (N-methyl/N-ethyl adjacent to an activating group) is 1. The van der Waals surface area contributed by atoms with E-state index in [1.165, 1.54) is 17.7 Å². The summed E-state index contributed by atoms with van der Waals surface area (Å²) in [7, 11) is 1.61. The van der Waals surface area contributed by atoms with E-state index in [-0.39, 0.29) is 30.4 Å². The molecule has 0 aliphatic heterocycles. The van der Waals surface area contributed by atoms with Crippen LogP contribution < -0.4 is 5.32 Å². The average molecular weight is 319 g/mol. The van der Waals surface area contributed by atoms with E-state index < -0.39 is 17.7 Å². The van der Waals surface area contributed by atoms with Gasteiger partial charge in [0.15, 0.2) is 0 Å². The summed E-state index contributed by atoms with van der Waals surface area (Å²) < 4.78 is 26.9. The molecule has 0 spiro atoms. The number of carbonyl (C=O) groups is 1. The zero-order valence-electron chi connectivity index (χ0n) is 12.2. The fourth-order valence-electron chi connectivity index (χ4n) is 2.09. The molecule has 6 heteroatoms. The first-order valence-electron chi connectivity index (χ1n) is 6.90. The second-order valence-corrected chi connectivity index (χ2v) is 5.42. The summed E-state index contributed by atoms with van der Waals surface area (Å²) in [5.74, 6) is -0.418. The average Bonchev–Trinajstić information content (AvgIpc) is 3.24. The number of hydrogen-bond donors (Lipinski definition) is 1. The lowest BCUT2D eigenvalue weighted by Crippen LogP contribution is -2.38. The number of carbonyl (C=O) groups excluding carboxylic acids is 1. The molecule has 1 atom stereocenters. The van der Waals surface area contributed by atoms with Gasteiger partial charge in [0.1, 0.15) is 11.6 Å². The molecule has 1 aliphatic rings. The molecule has 1 N–H and O–H groups in total. The molecule has 0 aromatic heterocycles. The highest BCUT2D eigenvalue weighted by molar-refractivity contribution is 5.85. The molecule has 21 heavy (non-hydrogen) atoms. The molecular weight excluding hydrogens is 298 g/mol. The molecule has 0 heterocycles. The van der Waals surface area contributed by atoms with Gasteiger partial charge in [0.25, 0.3) is 0 Å². The maximum absolute atomic E-state index is 13.7. The van der Waals surface area contributed by atoms with Gasteiger partial charge in [-0.2, -0.15) is 0 Å². The Hall–Kier alpha value is -1.20. The fraction of sp³-hybridized carbons (Fsp3) is 0.533. The quantitative estimate of drug-likeness (QED) is 0.874. The van der Waals surface area contributed by atoms with Crippen molar-refractivity contribution < 1.29 is 13.6 Å². The van der Waals surface area contributed by atoms with Crippen LogP contribution in [-0.4, -0.2) is 30.9 Å². The third kappa shape index (κ3) is 4.93. The van der Waals surface area contributed by atoms with Crippen molar-refractivity contribution in [2.75, 3.05) is 20.1 Å². The summed E-state index contributed by atoms with van der Waals surface area (Å²) in [6, 6.07) is 2.80. The Morgan fingerprint density at radius 3 is 2.71 bits per heavy atom. The van der Waals surface area contributed by atoms with E-state index in [9.17, 15) is 13.6 Å². The van der Waals surface area contributed by atoms with Gasteiger partial charge in [-0.3, -0.25) is 4.79 Å². The van der Waals surface area contributed by atoms with E-state index in [1.54, 1.807) is 14.0 Å². The SMILES string of the molecule is CC(c1cc(F)ccc1F)N(C)C(=O)CNCC1CC1.Cl. The Morgan fingerprint density at radius 2 is 2.10 bits per heavy atom. The van der Waals surface area contributed by atoms with Crippen LogP contribution in [0.15, 0.2) is 18.2 Å². The number of nitrogens with zero attached hydrogens (tertiary/aromatic N) is 1. The highest BCUT2D eigenvalue weighted by atomic mass is 35.5. The molecule has 1 unspecified atom stereocenters. The maximum Gasteiger partial charge on any atom is 0.236 e. The molecule has 3 nitrogen and oxygen atoms in total. The first kappa shape index (κ1) is 17.9. The third-order valence-corrected chi connectivity index (χ3v) is 3.79. The number of rotatable bonds is 6. The largest absolute Gasteiger partial charge is 0.338 e. The number of hydrogen-bond acceptors (Lipinski definition) is 2. The number of halogens is 3. The standard InChI is InChI=1S/C15H20F2N2O.ClH/c1-10(13-7-12(16)5-6-14(13)17)19(2)15(20)9-18-8-11-3-4-11;/h5-7,10-11,18H,3-4,8-9H2,1-2H3;1H. The topological polar surface area (TPSA) is 32.3 Å². The van der Waals surface area contributed by atoms with E-state index >= 15 is 0 Å². The van der Waals surface area contributed by atoms with Crippen molar-refractivity contribution in [3.8, 4) is 0 Å². The summed E-state index contributed by atoms with van der Waals surface area (Å²) in [5.41, 5.74) is 0.197. The molecule has 1 aromatic carbocycles. The predicted molar refractivity (Wildman–Crippen MR) is 80.4 cm³/mol. The van der Waals surface area contributed by atoms with Crippen LogP contribution in [0.1, 0.15) is 31.4 Å². The van der Waals surface area contributed by atoms with Gasteiger partial charge in [0.05, 0.1) is 12.6 Å². The highest BCUT2D eigenvalue weighted by Gasteiger charge is 2.23. The monoisotopic (exact) mass is 318 g/mol. The van der Waals surface area contributed by atoms with Crippen LogP contribution in [-0.2, 0) is 4.79 Å². The zero-order chi connectivity index (χ0) is 14.7. The summed E-state index contributed by atoms with van der Waals surface area (Å²) in [6.45, 7) is 2.77. The Bertz CT molecular complexity index is 495. The van der Waals surface area contributed by atoms with Crippen molar-refractivity contribution in [1.29, 1.82) is 0 Å². The van der Waals surface area contributed by atoms with E-state index in [1.807, 2.05) is 0 Å². The van der Waals surface area contributed by atoms with Crippen molar-refractivity contribution >= 4 is 18.3 Å². The van der Waals surface area contributed by atoms with Gasteiger partial charge in [-0.15, -0.1) is 12.4 Å². The smallest absolute Gasteiger partial charge is 0.236 e. The Balaban J connectivity index is 0.00000220. The second kappa shape index (κ2) is 7.71. The molecule has 1 aliphatic carbocycles. The number of nitrogens with one attached hydrogen (secondary N) is 1. The minimum absolute atomic E-state index is 0. The lowest BCUT2D eigenvalue weighted by atomic mass is 10.1. The summed E-state index contributed by atoms with van der Waals surface area (Å²) in [6.07, 6.45) is 2.45. The van der Waals surface area contributed by atoms with Gasteiger partial charge in [-0.25, -0.2) is 8.78 Å². The zero-order valence-corrected chi connectivity index (χ0v) is 13.1. The van der Waals surface area contributed by atoms with E-state index in [2.05, 4.69) is 5.32 Å².